The first-order chi connectivity index (χ1) is 16.6. The van der Waals surface area contributed by atoms with Crippen LogP contribution in [0.5, 0.6) is 17.2 Å². The van der Waals surface area contributed by atoms with Crippen LogP contribution >= 0.6 is 11.3 Å². The molecule has 8 heteroatoms. The fourth-order valence-corrected chi connectivity index (χ4v) is 5.18. The van der Waals surface area contributed by atoms with Crippen molar-refractivity contribution in [3.05, 3.63) is 82.9 Å². The number of ether oxygens (including phenoxy) is 3. The molecule has 3 aromatic carbocycles. The van der Waals surface area contributed by atoms with Crippen molar-refractivity contribution in [1.29, 1.82) is 0 Å². The number of methoxy groups -OCH3 is 3. The first-order valence-electron chi connectivity index (χ1n) is 10.7. The number of nitrogens with one attached hydrogen (secondary N) is 2. The van der Waals surface area contributed by atoms with E-state index in [2.05, 4.69) is 10.6 Å². The van der Waals surface area contributed by atoms with Crippen LogP contribution in [0.15, 0.2) is 66.7 Å². The van der Waals surface area contributed by atoms with Crippen LogP contribution in [0.2, 0.25) is 0 Å². The minimum Gasteiger partial charge on any atom is -0.493 e. The quantitative estimate of drug-likeness (QED) is 0.400. The van der Waals surface area contributed by atoms with Crippen LogP contribution < -0.4 is 24.8 Å². The number of benzene rings is 3. The standard InChI is InChI=1S/C26H23N3O4S/c1-31-18-13-16(14-19(32-2)24(18)33-3)23-21(25-27-17-11-7-8-12-20(17)34-25)22(28-26(30)29-23)15-9-5-4-6-10-15/h4-14,23H,1-3H3,(H2,28,29,30)/t23-/m1/s1. The molecular weight excluding hydrogens is 450 g/mol. The molecule has 0 radical (unpaired) electrons. The Bertz CT molecular complexity index is 1340. The number of carbonyl (C=O) groups is 1. The number of rotatable bonds is 6. The molecule has 2 amide bonds. The molecule has 0 spiro atoms. The minimum absolute atomic E-state index is 0.303. The fourth-order valence-electron chi connectivity index (χ4n) is 4.13. The molecule has 1 aromatic heterocycles. The lowest BCUT2D eigenvalue weighted by molar-refractivity contribution is 0.242. The van der Waals surface area contributed by atoms with Crippen LogP contribution in [-0.2, 0) is 0 Å². The van der Waals surface area contributed by atoms with E-state index in [-0.39, 0.29) is 6.03 Å². The van der Waals surface area contributed by atoms with Crippen LogP contribution in [0.4, 0.5) is 4.79 Å². The highest BCUT2D eigenvalue weighted by Crippen LogP contribution is 2.45. The number of aromatic nitrogens is 1. The third kappa shape index (κ3) is 3.82. The summed E-state index contributed by atoms with van der Waals surface area (Å²) in [5.41, 5.74) is 4.16. The molecule has 5 rings (SSSR count). The van der Waals surface area contributed by atoms with Gasteiger partial charge in [0.25, 0.3) is 0 Å². The van der Waals surface area contributed by atoms with Crippen LogP contribution in [0, 0.1) is 0 Å². The Morgan fingerprint density at radius 3 is 2.21 bits per heavy atom. The SMILES string of the molecule is COc1cc([C@H]2NC(=O)NC(c3ccccc3)=C2c2nc3ccccc3s2)cc(OC)c1OC. The van der Waals surface area contributed by atoms with Crippen molar-refractivity contribution >= 4 is 38.9 Å². The zero-order valence-electron chi connectivity index (χ0n) is 18.9. The van der Waals surface area contributed by atoms with Crippen molar-refractivity contribution in [3.8, 4) is 17.2 Å². The largest absolute Gasteiger partial charge is 0.493 e. The normalized spacial score (nSPS) is 15.6. The average Bonchev–Trinajstić information content (AvgIpc) is 3.31. The van der Waals surface area contributed by atoms with Gasteiger partial charge in [0.15, 0.2) is 11.5 Å². The van der Waals surface area contributed by atoms with Crippen LogP contribution in [-0.4, -0.2) is 32.3 Å². The molecule has 1 atom stereocenters. The van der Waals surface area contributed by atoms with Gasteiger partial charge in [-0.15, -0.1) is 11.3 Å². The molecule has 0 saturated heterocycles. The highest BCUT2D eigenvalue weighted by molar-refractivity contribution is 7.19. The molecule has 2 heterocycles. The summed E-state index contributed by atoms with van der Waals surface area (Å²) in [6, 6.07) is 20.7. The summed E-state index contributed by atoms with van der Waals surface area (Å²) in [4.78, 5) is 17.8. The van der Waals surface area contributed by atoms with Gasteiger partial charge in [0, 0.05) is 5.57 Å². The topological polar surface area (TPSA) is 81.7 Å². The molecule has 2 N–H and O–H groups in total. The zero-order chi connectivity index (χ0) is 23.7. The Morgan fingerprint density at radius 2 is 1.56 bits per heavy atom. The van der Waals surface area contributed by atoms with Gasteiger partial charge in [0.2, 0.25) is 5.75 Å². The monoisotopic (exact) mass is 473 g/mol. The van der Waals surface area contributed by atoms with Gasteiger partial charge < -0.3 is 24.8 Å². The van der Waals surface area contributed by atoms with Crippen molar-refractivity contribution in [1.82, 2.24) is 15.6 Å². The number of amides is 2. The van der Waals surface area contributed by atoms with Crippen molar-refractivity contribution in [2.45, 2.75) is 6.04 Å². The molecule has 4 aromatic rings. The fraction of sp³-hybridized carbons (Fsp3) is 0.154. The number of fused-ring (bicyclic) bond motifs is 1. The van der Waals surface area contributed by atoms with Gasteiger partial charge in [-0.3, -0.25) is 0 Å². The van der Waals surface area contributed by atoms with Gasteiger partial charge in [-0.05, 0) is 35.4 Å². The summed E-state index contributed by atoms with van der Waals surface area (Å²) in [5, 5.41) is 6.90. The van der Waals surface area contributed by atoms with E-state index in [1.54, 1.807) is 32.7 Å². The van der Waals surface area contributed by atoms with Crippen LogP contribution in [0.1, 0.15) is 22.2 Å². The number of hydrogen-bond acceptors (Lipinski definition) is 6. The molecule has 0 fully saturated rings. The molecule has 0 saturated carbocycles. The Hall–Kier alpha value is -4.04. The van der Waals surface area contributed by atoms with Crippen LogP contribution in [0.3, 0.4) is 0 Å². The first kappa shape index (κ1) is 21.8. The molecule has 34 heavy (non-hydrogen) atoms. The third-order valence-corrected chi connectivity index (χ3v) is 6.75. The maximum atomic E-state index is 12.9. The Kier molecular flexibility index (Phi) is 5.81. The summed E-state index contributed by atoms with van der Waals surface area (Å²) >= 11 is 1.58. The van der Waals surface area contributed by atoms with Gasteiger partial charge >= 0.3 is 6.03 Å². The summed E-state index contributed by atoms with van der Waals surface area (Å²) in [5.74, 6) is 1.51. The number of urea groups is 1. The van der Waals surface area contributed by atoms with E-state index in [9.17, 15) is 4.79 Å². The van der Waals surface area contributed by atoms with E-state index in [1.807, 2.05) is 66.7 Å². The van der Waals surface area contributed by atoms with Gasteiger partial charge in [-0.2, -0.15) is 0 Å². The zero-order valence-corrected chi connectivity index (χ0v) is 19.7. The highest BCUT2D eigenvalue weighted by atomic mass is 32.1. The highest BCUT2D eigenvalue weighted by Gasteiger charge is 2.33. The second-order valence-electron chi connectivity index (χ2n) is 7.63. The molecule has 0 unspecified atom stereocenters. The molecule has 1 aliphatic heterocycles. The number of hydrogen-bond donors (Lipinski definition) is 2. The summed E-state index contributed by atoms with van der Waals surface area (Å²) in [6.45, 7) is 0. The summed E-state index contributed by atoms with van der Waals surface area (Å²) in [6.07, 6.45) is 0. The lowest BCUT2D eigenvalue weighted by atomic mass is 9.92. The summed E-state index contributed by atoms with van der Waals surface area (Å²) in [7, 11) is 4.70. The Labute approximate surface area is 201 Å². The molecule has 1 aliphatic rings. The molecule has 0 aliphatic carbocycles. The Morgan fingerprint density at radius 1 is 0.882 bits per heavy atom. The van der Waals surface area contributed by atoms with E-state index in [1.165, 1.54) is 0 Å². The number of nitrogens with zero attached hydrogens (tertiary/aromatic N) is 1. The average molecular weight is 474 g/mol. The molecule has 172 valence electrons. The second kappa shape index (κ2) is 9.07. The number of carbonyl (C=O) groups excluding carboxylic acids is 1. The lowest BCUT2D eigenvalue weighted by Gasteiger charge is -2.30. The van der Waals surface area contributed by atoms with Gasteiger partial charge in [0.05, 0.1) is 43.3 Å². The van der Waals surface area contributed by atoms with Gasteiger partial charge in [-0.25, -0.2) is 9.78 Å². The van der Waals surface area contributed by atoms with Crippen molar-refractivity contribution in [2.75, 3.05) is 21.3 Å². The molecule has 7 nitrogen and oxygen atoms in total. The maximum absolute atomic E-state index is 12.9. The first-order valence-corrected chi connectivity index (χ1v) is 11.5. The van der Waals surface area contributed by atoms with Crippen molar-refractivity contribution in [3.63, 3.8) is 0 Å². The number of thiazole rings is 1. The van der Waals surface area contributed by atoms with E-state index in [0.29, 0.717) is 22.9 Å². The molecular formula is C26H23N3O4S. The van der Waals surface area contributed by atoms with Crippen molar-refractivity contribution in [2.24, 2.45) is 0 Å². The van der Waals surface area contributed by atoms with E-state index < -0.39 is 6.04 Å². The maximum Gasteiger partial charge on any atom is 0.320 e. The third-order valence-electron chi connectivity index (χ3n) is 5.68. The predicted octanol–water partition coefficient (Wildman–Crippen LogP) is 5.24. The van der Waals surface area contributed by atoms with E-state index >= 15 is 0 Å². The van der Waals surface area contributed by atoms with Gasteiger partial charge in [0.1, 0.15) is 5.01 Å². The van der Waals surface area contributed by atoms with Crippen molar-refractivity contribution < 1.29 is 19.0 Å². The lowest BCUT2D eigenvalue weighted by Crippen LogP contribution is -2.43. The number of para-hydroxylation sites is 1. The Balaban J connectivity index is 1.78. The minimum atomic E-state index is -0.502. The predicted molar refractivity (Wildman–Crippen MR) is 133 cm³/mol. The van der Waals surface area contributed by atoms with E-state index in [0.717, 1.165) is 31.9 Å². The van der Waals surface area contributed by atoms with Crippen LogP contribution in [0.25, 0.3) is 21.5 Å². The molecule has 0 bridgehead atoms. The van der Waals surface area contributed by atoms with E-state index in [4.69, 9.17) is 19.2 Å². The smallest absolute Gasteiger partial charge is 0.320 e. The van der Waals surface area contributed by atoms with Gasteiger partial charge in [-0.1, -0.05) is 42.5 Å². The summed E-state index contributed by atoms with van der Waals surface area (Å²) < 4.78 is 17.7. The second-order valence-corrected chi connectivity index (χ2v) is 8.66.